The fourth-order valence-electron chi connectivity index (χ4n) is 2.84. The van der Waals surface area contributed by atoms with E-state index in [1.54, 1.807) is 18.2 Å². The lowest BCUT2D eigenvalue weighted by Crippen LogP contribution is -2.30. The fraction of sp³-hybridized carbons (Fsp3) is 0.600. The van der Waals surface area contributed by atoms with Gasteiger partial charge in [-0.25, -0.2) is 0 Å². The lowest BCUT2D eigenvalue weighted by Gasteiger charge is -2.13. The van der Waals surface area contributed by atoms with Gasteiger partial charge in [0, 0.05) is 6.54 Å². The molecule has 0 atom stereocenters. The Morgan fingerprint density at radius 1 is 1.00 bits per heavy atom. The van der Waals surface area contributed by atoms with E-state index in [2.05, 4.69) is 24.0 Å². The van der Waals surface area contributed by atoms with Gasteiger partial charge in [0.05, 0.1) is 24.3 Å². The van der Waals surface area contributed by atoms with Crippen molar-refractivity contribution in [1.82, 2.24) is 10.2 Å². The largest absolute Gasteiger partial charge is 0.494 e. The molecule has 0 unspecified atom stereocenters. The number of carbonyl (C=O) groups excluding carboxylic acids is 2. The van der Waals surface area contributed by atoms with Crippen LogP contribution in [0.3, 0.4) is 0 Å². The number of imide groups is 1. The van der Waals surface area contributed by atoms with Crippen LogP contribution in [-0.2, 0) is 4.84 Å². The number of ether oxygens (including phenoxy) is 1. The highest BCUT2D eigenvalue weighted by Crippen LogP contribution is 2.27. The second-order valence-corrected chi connectivity index (χ2v) is 6.33. The normalized spacial score (nSPS) is 12.3. The van der Waals surface area contributed by atoms with E-state index in [1.165, 1.54) is 4.90 Å². The average Bonchev–Trinajstić information content (AvgIpc) is 2.92. The highest BCUT2D eigenvalue weighted by atomic mass is 16.9. The highest BCUT2D eigenvalue weighted by Gasteiger charge is 2.35. The monoisotopic (exact) mass is 409 g/mol. The van der Waals surface area contributed by atoms with Crippen molar-refractivity contribution in [3.63, 3.8) is 0 Å². The molecule has 0 spiro atoms. The molecule has 0 fully saturated rings. The van der Waals surface area contributed by atoms with Crippen LogP contribution in [0, 0.1) is 10.1 Å². The summed E-state index contributed by atoms with van der Waals surface area (Å²) in [6, 6.07) is 4.91. The summed E-state index contributed by atoms with van der Waals surface area (Å²) in [6.45, 7) is 9.14. The van der Waals surface area contributed by atoms with E-state index in [0.717, 1.165) is 25.9 Å². The van der Waals surface area contributed by atoms with Crippen LogP contribution in [0.4, 0.5) is 0 Å². The zero-order valence-electron chi connectivity index (χ0n) is 17.4. The van der Waals surface area contributed by atoms with Gasteiger partial charge in [-0.15, -0.1) is 10.1 Å². The lowest BCUT2D eigenvalue weighted by molar-refractivity contribution is -0.757. The summed E-state index contributed by atoms with van der Waals surface area (Å²) < 4.78 is 5.36. The van der Waals surface area contributed by atoms with Gasteiger partial charge in [0.15, 0.2) is 0 Å². The minimum atomic E-state index is -0.810. The van der Waals surface area contributed by atoms with Crippen molar-refractivity contribution in [1.29, 1.82) is 0 Å². The molecule has 1 heterocycles. The van der Waals surface area contributed by atoms with Crippen LogP contribution in [-0.4, -0.2) is 54.6 Å². The van der Waals surface area contributed by atoms with E-state index in [-0.39, 0.29) is 18.4 Å². The van der Waals surface area contributed by atoms with Gasteiger partial charge in [-0.05, 0) is 51.1 Å². The number of fused-ring (bicyclic) bond motifs is 1. The summed E-state index contributed by atoms with van der Waals surface area (Å²) >= 11 is 0. The molecule has 2 rings (SSSR count). The molecule has 9 nitrogen and oxygen atoms in total. The van der Waals surface area contributed by atoms with E-state index in [9.17, 15) is 19.7 Å². The molecule has 1 aromatic carbocycles. The van der Waals surface area contributed by atoms with Crippen LogP contribution >= 0.6 is 0 Å². The van der Waals surface area contributed by atoms with Crippen LogP contribution in [0.5, 0.6) is 5.75 Å². The Labute approximate surface area is 171 Å². The Morgan fingerprint density at radius 2 is 1.66 bits per heavy atom. The molecule has 0 radical (unpaired) electrons. The maximum atomic E-state index is 12.4. The molecule has 0 saturated carbocycles. The van der Waals surface area contributed by atoms with E-state index in [1.807, 2.05) is 6.92 Å². The Hall–Kier alpha value is -2.68. The second-order valence-electron chi connectivity index (χ2n) is 6.33. The molecule has 0 saturated heterocycles. The number of carbonyl (C=O) groups is 2. The summed E-state index contributed by atoms with van der Waals surface area (Å²) in [4.78, 5) is 40.1. The third-order valence-corrected chi connectivity index (χ3v) is 4.23. The Bertz CT molecular complexity index is 678. The smallest absolute Gasteiger partial charge is 0.294 e. The van der Waals surface area contributed by atoms with Crippen molar-refractivity contribution in [3.05, 3.63) is 39.4 Å². The molecule has 1 aliphatic heterocycles. The number of nitrogens with one attached hydrogen (secondary N) is 1. The number of hydrogen-bond acceptors (Lipinski definition) is 7. The van der Waals surface area contributed by atoms with Gasteiger partial charge in [0.1, 0.15) is 5.75 Å². The predicted molar refractivity (Wildman–Crippen MR) is 109 cm³/mol. The molecule has 1 N–H and O–H groups in total. The molecule has 1 aliphatic rings. The van der Waals surface area contributed by atoms with Crippen molar-refractivity contribution in [2.75, 3.05) is 32.8 Å². The van der Waals surface area contributed by atoms with E-state index in [4.69, 9.17) is 4.74 Å². The minimum absolute atomic E-state index is 0.0697. The third kappa shape index (κ3) is 8.06. The topological polar surface area (TPSA) is 111 Å². The quantitative estimate of drug-likeness (QED) is 0.244. The Kier molecular flexibility index (Phi) is 11.3. The highest BCUT2D eigenvalue weighted by molar-refractivity contribution is 6.21. The number of benzene rings is 1. The number of nitrogens with zero attached hydrogens (tertiary/aromatic N) is 2. The Morgan fingerprint density at radius 3 is 2.24 bits per heavy atom. The van der Waals surface area contributed by atoms with Crippen LogP contribution in [0.2, 0.25) is 0 Å². The van der Waals surface area contributed by atoms with Gasteiger partial charge >= 0.3 is 0 Å². The summed E-state index contributed by atoms with van der Waals surface area (Å²) in [7, 11) is 0. The number of rotatable bonds is 12. The summed E-state index contributed by atoms with van der Waals surface area (Å²) in [5.41, 5.74) is 0.785. The van der Waals surface area contributed by atoms with Crippen molar-refractivity contribution < 1.29 is 24.3 Å². The van der Waals surface area contributed by atoms with Crippen LogP contribution in [0.25, 0.3) is 0 Å². The van der Waals surface area contributed by atoms with Gasteiger partial charge in [-0.1, -0.05) is 26.7 Å². The zero-order chi connectivity index (χ0) is 21.6. The molecule has 1 aromatic rings. The van der Waals surface area contributed by atoms with E-state index >= 15 is 0 Å². The van der Waals surface area contributed by atoms with Crippen LogP contribution < -0.4 is 10.1 Å². The first-order chi connectivity index (χ1) is 14.0. The SMILES string of the molecule is CCNCC.CCOc1ccc2c(c1)C(=O)N(CCCCCCO[N+](=O)[O-])C2=O. The second kappa shape index (κ2) is 13.5. The molecular weight excluding hydrogens is 378 g/mol. The maximum Gasteiger partial charge on any atom is 0.294 e. The first-order valence-corrected chi connectivity index (χ1v) is 10.1. The predicted octanol–water partition coefficient (Wildman–Crippen LogP) is 3.07. The zero-order valence-corrected chi connectivity index (χ0v) is 17.4. The molecule has 0 aromatic heterocycles. The number of hydrogen-bond donors (Lipinski definition) is 1. The summed E-state index contributed by atoms with van der Waals surface area (Å²) in [5.74, 6) is -0.00647. The molecule has 2 amide bonds. The van der Waals surface area contributed by atoms with Gasteiger partial charge in [-0.2, -0.15) is 0 Å². The third-order valence-electron chi connectivity index (χ3n) is 4.23. The van der Waals surface area contributed by atoms with Gasteiger partial charge in [0.25, 0.3) is 16.9 Å². The van der Waals surface area contributed by atoms with E-state index < -0.39 is 5.09 Å². The number of amides is 2. The van der Waals surface area contributed by atoms with Crippen LogP contribution in [0.1, 0.15) is 67.2 Å². The molecule has 29 heavy (non-hydrogen) atoms. The van der Waals surface area contributed by atoms with Crippen molar-refractivity contribution in [3.8, 4) is 5.75 Å². The maximum absolute atomic E-state index is 12.4. The van der Waals surface area contributed by atoms with Crippen molar-refractivity contribution in [2.24, 2.45) is 0 Å². The summed E-state index contributed by atoms with van der Waals surface area (Å²) in [6.07, 6.45) is 2.73. The summed E-state index contributed by atoms with van der Waals surface area (Å²) in [5, 5.41) is 12.3. The standard InChI is InChI=1S/C16H20N2O6.C4H11N/c1-2-23-12-7-8-13-14(11-12)16(20)17(15(13)19)9-5-3-4-6-10-24-18(21)22;1-3-5-4-2/h7-8,11H,2-6,9-10H2,1H3;5H,3-4H2,1-2H3. The van der Waals surface area contributed by atoms with Gasteiger partial charge in [0.2, 0.25) is 0 Å². The molecule has 0 bridgehead atoms. The van der Waals surface area contributed by atoms with Crippen LogP contribution in [0.15, 0.2) is 18.2 Å². The minimum Gasteiger partial charge on any atom is -0.494 e. The average molecular weight is 409 g/mol. The molecule has 0 aliphatic carbocycles. The van der Waals surface area contributed by atoms with Gasteiger partial charge in [-0.3, -0.25) is 14.5 Å². The first-order valence-electron chi connectivity index (χ1n) is 10.1. The van der Waals surface area contributed by atoms with Crippen molar-refractivity contribution in [2.45, 2.75) is 46.5 Å². The molecule has 162 valence electrons. The molecule has 9 heteroatoms. The first kappa shape index (κ1) is 24.4. The fourth-order valence-corrected chi connectivity index (χ4v) is 2.84. The van der Waals surface area contributed by atoms with Crippen molar-refractivity contribution >= 4 is 11.8 Å². The Balaban J connectivity index is 0.000000749. The van der Waals surface area contributed by atoms with E-state index in [0.29, 0.717) is 42.9 Å². The lowest BCUT2D eigenvalue weighted by atomic mass is 10.1. The number of unbranched alkanes of at least 4 members (excludes halogenated alkanes) is 3. The molecular formula is C20H31N3O6. The van der Waals surface area contributed by atoms with Gasteiger partial charge < -0.3 is 14.9 Å².